The molecule has 0 unspecified atom stereocenters. The van der Waals surface area contributed by atoms with Gasteiger partial charge >= 0.3 is 0 Å². The zero-order valence-electron chi connectivity index (χ0n) is 16.4. The highest BCUT2D eigenvalue weighted by molar-refractivity contribution is 5.78. The van der Waals surface area contributed by atoms with E-state index in [1.165, 1.54) is 5.56 Å². The Balaban J connectivity index is 1.25. The lowest BCUT2D eigenvalue weighted by atomic mass is 10.2. The van der Waals surface area contributed by atoms with Crippen LogP contribution in [0.4, 0.5) is 0 Å². The second-order valence-corrected chi connectivity index (χ2v) is 7.50. The van der Waals surface area contributed by atoms with Gasteiger partial charge in [0.25, 0.3) is 0 Å². The first kappa shape index (κ1) is 19.1. The molecule has 2 saturated heterocycles. The minimum Gasteiger partial charge on any atom is -0.378 e. The predicted molar refractivity (Wildman–Crippen MR) is 107 cm³/mol. The molecule has 0 radical (unpaired) electrons. The fourth-order valence-corrected chi connectivity index (χ4v) is 3.83. The van der Waals surface area contributed by atoms with Gasteiger partial charge in [-0.1, -0.05) is 30.3 Å². The lowest BCUT2D eigenvalue weighted by molar-refractivity contribution is -0.136. The average molecular weight is 383 g/mol. The van der Waals surface area contributed by atoms with Gasteiger partial charge in [-0.3, -0.25) is 14.6 Å². The van der Waals surface area contributed by atoms with E-state index in [2.05, 4.69) is 49.8 Å². The third kappa shape index (κ3) is 4.98. The monoisotopic (exact) mass is 383 g/mol. The molecule has 0 spiro atoms. The standard InChI is InChI=1S/C21H29N5O2/c27-21(25-12-14-28-15-13-25)18-24-10-8-23(9-11-24)17-20-22-6-7-26(20)16-19-4-2-1-3-5-19/h1-7H,8-18H2. The van der Waals surface area contributed by atoms with E-state index >= 15 is 0 Å². The van der Waals surface area contributed by atoms with Crippen molar-refractivity contribution in [2.45, 2.75) is 13.1 Å². The number of piperazine rings is 1. The van der Waals surface area contributed by atoms with Crippen LogP contribution >= 0.6 is 0 Å². The van der Waals surface area contributed by atoms with Crippen LogP contribution < -0.4 is 0 Å². The van der Waals surface area contributed by atoms with Crippen LogP contribution in [0.1, 0.15) is 11.4 Å². The lowest BCUT2D eigenvalue weighted by Crippen LogP contribution is -2.51. The Labute approximate surface area is 166 Å². The number of carbonyl (C=O) groups excluding carboxylic acids is 1. The van der Waals surface area contributed by atoms with Gasteiger partial charge in [-0.2, -0.15) is 0 Å². The molecule has 1 aromatic carbocycles. The van der Waals surface area contributed by atoms with Gasteiger partial charge in [0.1, 0.15) is 5.82 Å². The average Bonchev–Trinajstić information content (AvgIpc) is 3.17. The first-order chi connectivity index (χ1) is 13.8. The molecule has 0 saturated carbocycles. The zero-order valence-corrected chi connectivity index (χ0v) is 16.4. The fraction of sp³-hybridized carbons (Fsp3) is 0.524. The SMILES string of the molecule is O=C(CN1CCN(Cc2nccn2Cc2ccccc2)CC1)N1CCOCC1. The molecule has 2 aromatic rings. The number of ether oxygens (including phenoxy) is 1. The van der Waals surface area contributed by atoms with E-state index in [0.29, 0.717) is 19.8 Å². The van der Waals surface area contributed by atoms with Gasteiger partial charge in [-0.05, 0) is 5.56 Å². The van der Waals surface area contributed by atoms with Crippen LogP contribution in [0, 0.1) is 0 Å². The molecule has 1 aromatic heterocycles. The molecule has 0 atom stereocenters. The minimum atomic E-state index is 0.232. The summed E-state index contributed by atoms with van der Waals surface area (Å²) in [7, 11) is 0. The largest absolute Gasteiger partial charge is 0.378 e. The maximum atomic E-state index is 12.4. The summed E-state index contributed by atoms with van der Waals surface area (Å²) in [6, 6.07) is 10.5. The van der Waals surface area contributed by atoms with Crippen molar-refractivity contribution in [3.05, 3.63) is 54.1 Å². The summed E-state index contributed by atoms with van der Waals surface area (Å²) < 4.78 is 7.55. The highest BCUT2D eigenvalue weighted by Gasteiger charge is 2.23. The third-order valence-corrected chi connectivity index (χ3v) is 5.55. The van der Waals surface area contributed by atoms with E-state index in [0.717, 1.165) is 58.2 Å². The van der Waals surface area contributed by atoms with E-state index < -0.39 is 0 Å². The van der Waals surface area contributed by atoms with Gasteiger partial charge in [-0.25, -0.2) is 4.98 Å². The number of benzene rings is 1. The van der Waals surface area contributed by atoms with Crippen molar-refractivity contribution in [2.75, 3.05) is 59.0 Å². The van der Waals surface area contributed by atoms with Crippen molar-refractivity contribution in [1.82, 2.24) is 24.3 Å². The highest BCUT2D eigenvalue weighted by Crippen LogP contribution is 2.11. The Bertz CT molecular complexity index is 749. The summed E-state index contributed by atoms with van der Waals surface area (Å²) in [5.41, 5.74) is 1.29. The Morgan fingerprint density at radius 3 is 2.39 bits per heavy atom. The molecular weight excluding hydrogens is 354 g/mol. The Hall–Kier alpha value is -2.22. The highest BCUT2D eigenvalue weighted by atomic mass is 16.5. The molecule has 2 fully saturated rings. The number of aromatic nitrogens is 2. The van der Waals surface area contributed by atoms with Crippen LogP contribution in [-0.2, 0) is 22.6 Å². The molecule has 1 amide bonds. The Kier molecular flexibility index (Phi) is 6.36. The summed E-state index contributed by atoms with van der Waals surface area (Å²) in [6.07, 6.45) is 3.94. The molecule has 7 nitrogen and oxygen atoms in total. The van der Waals surface area contributed by atoms with Gasteiger partial charge in [0, 0.05) is 58.2 Å². The second-order valence-electron chi connectivity index (χ2n) is 7.50. The number of imidazole rings is 1. The molecular formula is C21H29N5O2. The molecule has 2 aliphatic rings. The maximum absolute atomic E-state index is 12.4. The molecule has 28 heavy (non-hydrogen) atoms. The van der Waals surface area contributed by atoms with Gasteiger partial charge in [0.05, 0.1) is 26.3 Å². The first-order valence-corrected chi connectivity index (χ1v) is 10.1. The lowest BCUT2D eigenvalue weighted by Gasteiger charge is -2.35. The minimum absolute atomic E-state index is 0.232. The van der Waals surface area contributed by atoms with Gasteiger partial charge in [0.2, 0.25) is 5.91 Å². The summed E-state index contributed by atoms with van der Waals surface area (Å²) >= 11 is 0. The maximum Gasteiger partial charge on any atom is 0.236 e. The summed E-state index contributed by atoms with van der Waals surface area (Å²) in [5, 5.41) is 0. The Morgan fingerprint density at radius 1 is 0.929 bits per heavy atom. The van der Waals surface area contributed by atoms with Crippen molar-refractivity contribution < 1.29 is 9.53 Å². The summed E-state index contributed by atoms with van der Waals surface area (Å²) in [6.45, 7) is 8.79. The Morgan fingerprint density at radius 2 is 1.64 bits per heavy atom. The van der Waals surface area contributed by atoms with E-state index in [1.54, 1.807) is 0 Å². The molecule has 150 valence electrons. The van der Waals surface area contributed by atoms with Crippen molar-refractivity contribution in [2.24, 2.45) is 0 Å². The van der Waals surface area contributed by atoms with Crippen molar-refractivity contribution >= 4 is 5.91 Å². The second kappa shape index (κ2) is 9.32. The number of rotatable bonds is 6. The van der Waals surface area contributed by atoms with Crippen LogP contribution in [0.15, 0.2) is 42.7 Å². The van der Waals surface area contributed by atoms with Crippen molar-refractivity contribution in [3.8, 4) is 0 Å². The summed E-state index contributed by atoms with van der Waals surface area (Å²) in [5.74, 6) is 1.33. The molecule has 0 aliphatic carbocycles. The number of hydrogen-bond donors (Lipinski definition) is 0. The van der Waals surface area contributed by atoms with Crippen LogP contribution in [0.25, 0.3) is 0 Å². The van der Waals surface area contributed by atoms with E-state index in [9.17, 15) is 4.79 Å². The molecule has 0 bridgehead atoms. The molecule has 2 aliphatic heterocycles. The number of carbonyl (C=O) groups is 1. The smallest absolute Gasteiger partial charge is 0.236 e. The normalized spacial score (nSPS) is 19.1. The number of hydrogen-bond acceptors (Lipinski definition) is 5. The predicted octanol–water partition coefficient (Wildman–Crippen LogP) is 0.908. The van der Waals surface area contributed by atoms with E-state index in [-0.39, 0.29) is 5.91 Å². The van der Waals surface area contributed by atoms with E-state index in [4.69, 9.17) is 4.74 Å². The molecule has 7 heteroatoms. The van der Waals surface area contributed by atoms with Crippen molar-refractivity contribution in [1.29, 1.82) is 0 Å². The molecule has 4 rings (SSSR count). The zero-order chi connectivity index (χ0) is 19.2. The van der Waals surface area contributed by atoms with Crippen molar-refractivity contribution in [3.63, 3.8) is 0 Å². The van der Waals surface area contributed by atoms with Gasteiger partial charge in [0.15, 0.2) is 0 Å². The topological polar surface area (TPSA) is 53.8 Å². The third-order valence-electron chi connectivity index (χ3n) is 5.55. The van der Waals surface area contributed by atoms with Crippen LogP contribution in [0.2, 0.25) is 0 Å². The summed E-state index contributed by atoms with van der Waals surface area (Å²) in [4.78, 5) is 23.6. The fourth-order valence-electron chi connectivity index (χ4n) is 3.83. The van der Waals surface area contributed by atoms with Gasteiger partial charge < -0.3 is 14.2 Å². The molecule has 0 N–H and O–H groups in total. The molecule has 3 heterocycles. The number of morpholine rings is 1. The van der Waals surface area contributed by atoms with Crippen LogP contribution in [-0.4, -0.2) is 89.2 Å². The van der Waals surface area contributed by atoms with Gasteiger partial charge in [-0.15, -0.1) is 0 Å². The quantitative estimate of drug-likeness (QED) is 0.742. The van der Waals surface area contributed by atoms with E-state index in [1.807, 2.05) is 17.2 Å². The number of amides is 1. The van der Waals surface area contributed by atoms with Crippen LogP contribution in [0.5, 0.6) is 0 Å². The number of nitrogens with zero attached hydrogens (tertiary/aromatic N) is 5. The first-order valence-electron chi connectivity index (χ1n) is 10.1. The van der Waals surface area contributed by atoms with Crippen LogP contribution in [0.3, 0.4) is 0 Å².